The summed E-state index contributed by atoms with van der Waals surface area (Å²) in [5.41, 5.74) is 4.18. The van der Waals surface area contributed by atoms with E-state index < -0.39 is 0 Å². The molecule has 1 saturated heterocycles. The van der Waals surface area contributed by atoms with E-state index in [0.29, 0.717) is 12.5 Å². The van der Waals surface area contributed by atoms with Gasteiger partial charge in [-0.15, -0.1) is 0 Å². The molecule has 2 amide bonds. The molecule has 2 N–H and O–H groups in total. The van der Waals surface area contributed by atoms with E-state index in [9.17, 15) is 4.79 Å². The minimum atomic E-state index is -0.177. The van der Waals surface area contributed by atoms with Gasteiger partial charge in [0.25, 0.3) is 0 Å². The Kier molecular flexibility index (Phi) is 6.58. The molecule has 0 unspecified atom stereocenters. The second-order valence-corrected chi connectivity index (χ2v) is 7.23. The first kappa shape index (κ1) is 19.5. The molecule has 0 radical (unpaired) electrons. The minimum Gasteiger partial charge on any atom is -0.385 e. The first-order chi connectivity index (χ1) is 13.0. The molecular weight excluding hydrogens is 342 g/mol. The molecule has 1 aliphatic heterocycles. The van der Waals surface area contributed by atoms with Crippen LogP contribution in [-0.2, 0) is 4.74 Å². The number of fused-ring (bicyclic) bond motifs is 1. The summed E-state index contributed by atoms with van der Waals surface area (Å²) in [5, 5.41) is 5.89. The van der Waals surface area contributed by atoms with Gasteiger partial charge in [-0.1, -0.05) is 0 Å². The zero-order valence-electron chi connectivity index (χ0n) is 16.4. The predicted molar refractivity (Wildman–Crippen MR) is 107 cm³/mol. The van der Waals surface area contributed by atoms with Crippen LogP contribution in [0.15, 0.2) is 18.2 Å². The SMILES string of the molecule is COCCCN1CC[C@H](CNC(=O)Nc2ccc3nc(C)c(C)nc3c2)C1. The number of likely N-dealkylation sites (tertiary alicyclic amines) is 1. The average Bonchev–Trinajstić information content (AvgIpc) is 3.09. The smallest absolute Gasteiger partial charge is 0.319 e. The van der Waals surface area contributed by atoms with Gasteiger partial charge < -0.3 is 20.3 Å². The topological polar surface area (TPSA) is 79.4 Å². The molecule has 1 aliphatic rings. The molecule has 1 aromatic heterocycles. The molecule has 0 aliphatic carbocycles. The third kappa shape index (κ3) is 5.37. The van der Waals surface area contributed by atoms with Crippen molar-refractivity contribution in [2.24, 2.45) is 5.92 Å². The summed E-state index contributed by atoms with van der Waals surface area (Å²) < 4.78 is 5.10. The summed E-state index contributed by atoms with van der Waals surface area (Å²) >= 11 is 0. The summed E-state index contributed by atoms with van der Waals surface area (Å²) in [6.45, 7) is 8.58. The lowest BCUT2D eigenvalue weighted by atomic mass is 10.1. The number of nitrogens with one attached hydrogen (secondary N) is 2. The van der Waals surface area contributed by atoms with E-state index in [0.717, 1.165) is 67.2 Å². The number of rotatable bonds is 7. The third-order valence-corrected chi connectivity index (χ3v) is 5.08. The van der Waals surface area contributed by atoms with Crippen molar-refractivity contribution in [2.75, 3.05) is 45.2 Å². The second-order valence-electron chi connectivity index (χ2n) is 7.23. The molecule has 0 bridgehead atoms. The van der Waals surface area contributed by atoms with Crippen molar-refractivity contribution in [3.8, 4) is 0 Å². The maximum absolute atomic E-state index is 12.2. The Bertz CT molecular complexity index is 795. The van der Waals surface area contributed by atoms with Crippen LogP contribution in [0.5, 0.6) is 0 Å². The van der Waals surface area contributed by atoms with Crippen molar-refractivity contribution in [2.45, 2.75) is 26.7 Å². The fourth-order valence-corrected chi connectivity index (χ4v) is 3.44. The molecular formula is C20H29N5O2. The van der Waals surface area contributed by atoms with Gasteiger partial charge in [-0.2, -0.15) is 0 Å². The Hall–Kier alpha value is -2.25. The molecule has 1 atom stereocenters. The van der Waals surface area contributed by atoms with Gasteiger partial charge >= 0.3 is 6.03 Å². The number of carbonyl (C=O) groups is 1. The van der Waals surface area contributed by atoms with Crippen molar-refractivity contribution in [1.82, 2.24) is 20.2 Å². The molecule has 7 heteroatoms. The number of amides is 2. The zero-order valence-corrected chi connectivity index (χ0v) is 16.4. The number of hydrogen-bond donors (Lipinski definition) is 2. The molecule has 146 valence electrons. The Balaban J connectivity index is 1.47. The number of ether oxygens (including phenoxy) is 1. The van der Waals surface area contributed by atoms with E-state index in [2.05, 4.69) is 25.5 Å². The Morgan fingerprint density at radius 1 is 1.26 bits per heavy atom. The molecule has 0 saturated carbocycles. The molecule has 1 fully saturated rings. The molecule has 0 spiro atoms. The summed E-state index contributed by atoms with van der Waals surface area (Å²) in [7, 11) is 1.74. The van der Waals surface area contributed by atoms with E-state index in [-0.39, 0.29) is 6.03 Å². The number of aromatic nitrogens is 2. The molecule has 2 heterocycles. The summed E-state index contributed by atoms with van der Waals surface area (Å²) in [4.78, 5) is 23.7. The number of benzene rings is 1. The van der Waals surface area contributed by atoms with Crippen LogP contribution in [0.1, 0.15) is 24.2 Å². The highest BCUT2D eigenvalue weighted by Crippen LogP contribution is 2.18. The standard InChI is InChI=1S/C20H29N5O2/c1-14-15(2)23-19-11-17(5-6-18(19)22-14)24-20(26)21-12-16-7-9-25(13-16)8-4-10-27-3/h5-6,11,16H,4,7-10,12-13H2,1-3H3,(H2,21,24,26)/t16-/m1/s1. The van der Waals surface area contributed by atoms with E-state index in [1.54, 1.807) is 7.11 Å². The monoisotopic (exact) mass is 371 g/mol. The van der Waals surface area contributed by atoms with Crippen LogP contribution in [-0.4, -0.2) is 60.8 Å². The number of methoxy groups -OCH3 is 1. The number of anilines is 1. The van der Waals surface area contributed by atoms with Crippen molar-refractivity contribution in [1.29, 1.82) is 0 Å². The number of hydrogen-bond acceptors (Lipinski definition) is 5. The van der Waals surface area contributed by atoms with Crippen LogP contribution in [0.25, 0.3) is 11.0 Å². The molecule has 27 heavy (non-hydrogen) atoms. The van der Waals surface area contributed by atoms with Gasteiger partial charge in [-0.05, 0) is 57.4 Å². The summed E-state index contributed by atoms with van der Waals surface area (Å²) in [6.07, 6.45) is 2.18. The van der Waals surface area contributed by atoms with E-state index in [1.807, 2.05) is 32.0 Å². The maximum Gasteiger partial charge on any atom is 0.319 e. The lowest BCUT2D eigenvalue weighted by Gasteiger charge is -2.16. The minimum absolute atomic E-state index is 0.177. The Labute approximate surface area is 160 Å². The van der Waals surface area contributed by atoms with Crippen molar-refractivity contribution in [3.63, 3.8) is 0 Å². The highest BCUT2D eigenvalue weighted by molar-refractivity contribution is 5.91. The normalized spacial score (nSPS) is 17.4. The zero-order chi connectivity index (χ0) is 19.2. The second kappa shape index (κ2) is 9.10. The van der Waals surface area contributed by atoms with Gasteiger partial charge in [0, 0.05) is 39.0 Å². The van der Waals surface area contributed by atoms with Gasteiger partial charge in [-0.25, -0.2) is 14.8 Å². The fraction of sp³-hybridized carbons (Fsp3) is 0.550. The first-order valence-electron chi connectivity index (χ1n) is 9.56. The van der Waals surface area contributed by atoms with Crippen molar-refractivity contribution < 1.29 is 9.53 Å². The lowest BCUT2D eigenvalue weighted by molar-refractivity contribution is 0.178. The molecule has 2 aromatic rings. The highest BCUT2D eigenvalue weighted by Gasteiger charge is 2.22. The summed E-state index contributed by atoms with van der Waals surface area (Å²) in [6, 6.07) is 5.43. The van der Waals surface area contributed by atoms with Crippen LogP contribution in [0.4, 0.5) is 10.5 Å². The van der Waals surface area contributed by atoms with E-state index in [4.69, 9.17) is 4.74 Å². The fourth-order valence-electron chi connectivity index (χ4n) is 3.44. The van der Waals surface area contributed by atoms with Crippen LogP contribution < -0.4 is 10.6 Å². The Morgan fingerprint density at radius 2 is 2.04 bits per heavy atom. The van der Waals surface area contributed by atoms with Crippen LogP contribution in [0.2, 0.25) is 0 Å². The maximum atomic E-state index is 12.2. The number of carbonyl (C=O) groups excluding carboxylic acids is 1. The number of urea groups is 1. The first-order valence-corrected chi connectivity index (χ1v) is 9.56. The van der Waals surface area contributed by atoms with Crippen LogP contribution in [0.3, 0.4) is 0 Å². The number of aryl methyl sites for hydroxylation is 2. The van der Waals surface area contributed by atoms with Gasteiger partial charge in [0.2, 0.25) is 0 Å². The van der Waals surface area contributed by atoms with Gasteiger partial charge in [-0.3, -0.25) is 0 Å². The molecule has 3 rings (SSSR count). The van der Waals surface area contributed by atoms with Gasteiger partial charge in [0.15, 0.2) is 0 Å². The largest absolute Gasteiger partial charge is 0.385 e. The molecule has 1 aromatic carbocycles. The predicted octanol–water partition coefficient (Wildman–Crippen LogP) is 2.73. The number of nitrogens with zero attached hydrogens (tertiary/aromatic N) is 3. The van der Waals surface area contributed by atoms with E-state index in [1.165, 1.54) is 0 Å². The van der Waals surface area contributed by atoms with Crippen molar-refractivity contribution in [3.05, 3.63) is 29.6 Å². The van der Waals surface area contributed by atoms with Crippen molar-refractivity contribution >= 4 is 22.8 Å². The average molecular weight is 371 g/mol. The van der Waals surface area contributed by atoms with E-state index >= 15 is 0 Å². The quantitative estimate of drug-likeness (QED) is 0.732. The van der Waals surface area contributed by atoms with Gasteiger partial charge in [0.05, 0.1) is 22.4 Å². The summed E-state index contributed by atoms with van der Waals surface area (Å²) in [5.74, 6) is 0.506. The van der Waals surface area contributed by atoms with Crippen LogP contribution in [0, 0.1) is 19.8 Å². The van der Waals surface area contributed by atoms with Gasteiger partial charge in [0.1, 0.15) is 0 Å². The Morgan fingerprint density at radius 3 is 2.81 bits per heavy atom. The lowest BCUT2D eigenvalue weighted by Crippen LogP contribution is -2.34. The molecule has 7 nitrogen and oxygen atoms in total. The van der Waals surface area contributed by atoms with Crippen LogP contribution >= 0.6 is 0 Å². The highest BCUT2D eigenvalue weighted by atomic mass is 16.5. The third-order valence-electron chi connectivity index (χ3n) is 5.08.